The number of aromatic carboxylic acids is 1. The van der Waals surface area contributed by atoms with Gasteiger partial charge in [-0.15, -0.1) is 11.3 Å². The highest BCUT2D eigenvalue weighted by molar-refractivity contribution is 7.89. The van der Waals surface area contributed by atoms with Crippen LogP contribution in [0.4, 0.5) is 0 Å². The average molecular weight is 293 g/mol. The molecule has 0 aliphatic heterocycles. The number of nitrogens with one attached hydrogen (secondary N) is 1. The van der Waals surface area contributed by atoms with E-state index in [-0.39, 0.29) is 22.2 Å². The number of carboxylic acid groups (broad SMARTS) is 1. The first-order valence-electron chi connectivity index (χ1n) is 5.23. The Balaban J connectivity index is 2.77. The van der Waals surface area contributed by atoms with Crippen LogP contribution >= 0.6 is 11.3 Å². The molecule has 8 heteroatoms. The molecule has 0 saturated carbocycles. The molecule has 3 N–H and O–H groups in total. The Bertz CT molecular complexity index is 520. The van der Waals surface area contributed by atoms with E-state index in [9.17, 15) is 18.3 Å². The van der Waals surface area contributed by atoms with E-state index in [1.165, 1.54) is 5.38 Å². The molecule has 0 bridgehead atoms. The number of carbonyl (C=O) groups is 1. The van der Waals surface area contributed by atoms with Crippen molar-refractivity contribution in [1.29, 1.82) is 0 Å². The Hall–Kier alpha value is -0.960. The molecule has 0 aromatic carbocycles. The van der Waals surface area contributed by atoms with Crippen molar-refractivity contribution in [2.45, 2.75) is 24.8 Å². The van der Waals surface area contributed by atoms with Gasteiger partial charge in [-0.1, -0.05) is 13.8 Å². The second-order valence-electron chi connectivity index (χ2n) is 4.12. The van der Waals surface area contributed by atoms with Gasteiger partial charge in [-0.2, -0.15) is 0 Å². The maximum absolute atomic E-state index is 11.8. The van der Waals surface area contributed by atoms with Crippen molar-refractivity contribution in [3.05, 3.63) is 16.3 Å². The van der Waals surface area contributed by atoms with E-state index < -0.39 is 22.1 Å². The molecule has 102 valence electrons. The lowest BCUT2D eigenvalue weighted by Crippen LogP contribution is -2.34. The van der Waals surface area contributed by atoms with Gasteiger partial charge >= 0.3 is 5.97 Å². The Morgan fingerprint density at radius 1 is 1.50 bits per heavy atom. The third-order valence-corrected chi connectivity index (χ3v) is 4.82. The molecule has 0 saturated heterocycles. The Labute approximate surface area is 109 Å². The van der Waals surface area contributed by atoms with Crippen LogP contribution in [0.3, 0.4) is 0 Å². The number of rotatable bonds is 6. The van der Waals surface area contributed by atoms with Crippen molar-refractivity contribution in [2.75, 3.05) is 6.54 Å². The summed E-state index contributed by atoms with van der Waals surface area (Å²) in [4.78, 5) is 10.5. The zero-order valence-electron chi connectivity index (χ0n) is 9.95. The van der Waals surface area contributed by atoms with Gasteiger partial charge in [0, 0.05) is 11.9 Å². The lowest BCUT2D eigenvalue weighted by atomic mass is 10.1. The Morgan fingerprint density at radius 2 is 2.11 bits per heavy atom. The van der Waals surface area contributed by atoms with Crippen molar-refractivity contribution in [3.8, 4) is 0 Å². The number of thiophene rings is 1. The van der Waals surface area contributed by atoms with Gasteiger partial charge in [0.1, 0.15) is 4.88 Å². The molecule has 0 radical (unpaired) electrons. The molecule has 1 heterocycles. The van der Waals surface area contributed by atoms with Gasteiger partial charge in [-0.3, -0.25) is 0 Å². The van der Waals surface area contributed by atoms with Crippen LogP contribution in [0.5, 0.6) is 0 Å². The molecule has 1 aromatic rings. The minimum absolute atomic E-state index is 0.0419. The van der Waals surface area contributed by atoms with Crippen LogP contribution in [0.25, 0.3) is 0 Å². The maximum Gasteiger partial charge on any atom is 0.345 e. The summed E-state index contributed by atoms with van der Waals surface area (Å²) in [7, 11) is -3.76. The Kier molecular flexibility index (Phi) is 4.85. The number of aliphatic hydroxyl groups excluding tert-OH is 1. The van der Waals surface area contributed by atoms with Gasteiger partial charge < -0.3 is 10.2 Å². The van der Waals surface area contributed by atoms with E-state index in [1.54, 1.807) is 13.8 Å². The van der Waals surface area contributed by atoms with Gasteiger partial charge in [-0.05, 0) is 12.0 Å². The lowest BCUT2D eigenvalue weighted by Gasteiger charge is -2.14. The minimum atomic E-state index is -3.76. The highest BCUT2D eigenvalue weighted by atomic mass is 32.2. The van der Waals surface area contributed by atoms with Crippen LogP contribution in [-0.4, -0.2) is 37.2 Å². The predicted molar refractivity (Wildman–Crippen MR) is 67.3 cm³/mol. The van der Waals surface area contributed by atoms with E-state index in [1.807, 2.05) is 0 Å². The summed E-state index contributed by atoms with van der Waals surface area (Å²) >= 11 is 0.844. The van der Waals surface area contributed by atoms with Crippen molar-refractivity contribution in [3.63, 3.8) is 0 Å². The number of carboxylic acids is 1. The fraction of sp³-hybridized carbons (Fsp3) is 0.500. The first-order valence-corrected chi connectivity index (χ1v) is 7.60. The third kappa shape index (κ3) is 3.77. The number of aliphatic hydroxyl groups is 1. The van der Waals surface area contributed by atoms with Gasteiger partial charge in [0.2, 0.25) is 10.0 Å². The molecular weight excluding hydrogens is 278 g/mol. The van der Waals surface area contributed by atoms with E-state index in [4.69, 9.17) is 5.11 Å². The highest BCUT2D eigenvalue weighted by Crippen LogP contribution is 2.19. The molecule has 1 rings (SSSR count). The van der Waals surface area contributed by atoms with Crippen LogP contribution < -0.4 is 4.72 Å². The van der Waals surface area contributed by atoms with E-state index in [2.05, 4.69) is 4.72 Å². The molecule has 1 atom stereocenters. The highest BCUT2D eigenvalue weighted by Gasteiger charge is 2.20. The van der Waals surface area contributed by atoms with E-state index in [0.29, 0.717) is 0 Å². The second kappa shape index (κ2) is 5.79. The van der Waals surface area contributed by atoms with Crippen molar-refractivity contribution >= 4 is 27.3 Å². The van der Waals surface area contributed by atoms with Gasteiger partial charge in [0.25, 0.3) is 0 Å². The monoisotopic (exact) mass is 293 g/mol. The number of sulfonamides is 1. The quantitative estimate of drug-likeness (QED) is 0.717. The molecule has 0 spiro atoms. The summed E-state index contributed by atoms with van der Waals surface area (Å²) in [6, 6.07) is 1.09. The summed E-state index contributed by atoms with van der Waals surface area (Å²) < 4.78 is 25.8. The number of hydrogen-bond acceptors (Lipinski definition) is 5. The Morgan fingerprint density at radius 3 is 2.56 bits per heavy atom. The fourth-order valence-electron chi connectivity index (χ4n) is 1.09. The summed E-state index contributed by atoms with van der Waals surface area (Å²) in [5, 5.41) is 19.5. The smallest absolute Gasteiger partial charge is 0.345 e. The standard InChI is InChI=1S/C10H15NO5S2/c1-6(2)8(12)4-11-18(15,16)7-3-9(10(13)14)17-5-7/h3,5-6,8,11-12H,4H2,1-2H3,(H,13,14). The van der Waals surface area contributed by atoms with E-state index in [0.717, 1.165) is 17.4 Å². The molecule has 0 fully saturated rings. The zero-order valence-corrected chi connectivity index (χ0v) is 11.6. The molecule has 6 nitrogen and oxygen atoms in total. The summed E-state index contributed by atoms with van der Waals surface area (Å²) in [6.45, 7) is 3.44. The van der Waals surface area contributed by atoms with Gasteiger partial charge in [0.05, 0.1) is 11.0 Å². The molecular formula is C10H15NO5S2. The normalized spacial score (nSPS) is 13.8. The maximum atomic E-state index is 11.8. The first-order chi connectivity index (χ1) is 8.24. The minimum Gasteiger partial charge on any atom is -0.477 e. The molecule has 0 amide bonds. The lowest BCUT2D eigenvalue weighted by molar-refractivity contribution is 0.0702. The first kappa shape index (κ1) is 15.1. The average Bonchev–Trinajstić information content (AvgIpc) is 2.75. The molecule has 18 heavy (non-hydrogen) atoms. The number of hydrogen-bond donors (Lipinski definition) is 3. The molecule has 0 aliphatic carbocycles. The van der Waals surface area contributed by atoms with E-state index >= 15 is 0 Å². The van der Waals surface area contributed by atoms with Crippen LogP contribution in [-0.2, 0) is 10.0 Å². The van der Waals surface area contributed by atoms with Crippen LogP contribution in [0.1, 0.15) is 23.5 Å². The summed E-state index contributed by atoms with van der Waals surface area (Å²) in [6.07, 6.45) is -0.780. The predicted octanol–water partition coefficient (Wildman–Crippen LogP) is 0.742. The van der Waals surface area contributed by atoms with Gasteiger partial charge in [0.15, 0.2) is 0 Å². The molecule has 1 aromatic heterocycles. The zero-order chi connectivity index (χ0) is 13.9. The third-order valence-electron chi connectivity index (χ3n) is 2.35. The largest absolute Gasteiger partial charge is 0.477 e. The topological polar surface area (TPSA) is 104 Å². The summed E-state index contributed by atoms with van der Waals surface area (Å²) in [5.41, 5.74) is 0. The van der Waals surface area contributed by atoms with Gasteiger partial charge in [-0.25, -0.2) is 17.9 Å². The van der Waals surface area contributed by atoms with Crippen molar-refractivity contribution in [1.82, 2.24) is 4.72 Å². The van der Waals surface area contributed by atoms with Crippen LogP contribution in [0.2, 0.25) is 0 Å². The van der Waals surface area contributed by atoms with Crippen molar-refractivity contribution in [2.24, 2.45) is 5.92 Å². The SMILES string of the molecule is CC(C)C(O)CNS(=O)(=O)c1csc(C(=O)O)c1. The molecule has 0 aliphatic rings. The van der Waals surface area contributed by atoms with Crippen molar-refractivity contribution < 1.29 is 23.4 Å². The van der Waals surface area contributed by atoms with Crippen LogP contribution in [0.15, 0.2) is 16.3 Å². The second-order valence-corrected chi connectivity index (χ2v) is 6.79. The van der Waals surface area contributed by atoms with Crippen LogP contribution in [0, 0.1) is 5.92 Å². The molecule has 1 unspecified atom stereocenters. The fourth-order valence-corrected chi connectivity index (χ4v) is 3.25. The summed E-state index contributed by atoms with van der Waals surface area (Å²) in [5.74, 6) is -1.23.